The molecule has 15 nitrogen and oxygen atoms in total. The molecule has 15 heteroatoms. The Kier molecular flexibility index (Phi) is 11.9. The Morgan fingerprint density at radius 2 is 1.62 bits per heavy atom. The average molecular weight is 561 g/mol. The molecule has 5 amide bonds. The van der Waals surface area contributed by atoms with Crippen molar-refractivity contribution in [2.45, 2.75) is 56.8 Å². The highest BCUT2D eigenvalue weighted by atomic mass is 16.4. The zero-order chi connectivity index (χ0) is 29.8. The molecule has 0 unspecified atom stereocenters. The third-order valence-corrected chi connectivity index (χ3v) is 6.24. The van der Waals surface area contributed by atoms with Crippen molar-refractivity contribution in [3.63, 3.8) is 0 Å². The Morgan fingerprint density at radius 3 is 2.25 bits per heavy atom. The lowest BCUT2D eigenvalue weighted by molar-refractivity contribution is -0.143. The lowest BCUT2D eigenvalue weighted by Gasteiger charge is -2.30. The first-order chi connectivity index (χ1) is 18.9. The monoisotopic (exact) mass is 560 g/mol. The number of nitrogens with zero attached hydrogens (tertiary/aromatic N) is 2. The van der Waals surface area contributed by atoms with Gasteiger partial charge in [-0.15, -0.1) is 0 Å². The van der Waals surface area contributed by atoms with Crippen molar-refractivity contribution in [2.24, 2.45) is 16.5 Å². The molecule has 1 aliphatic rings. The molecule has 1 saturated heterocycles. The van der Waals surface area contributed by atoms with E-state index in [1.54, 1.807) is 30.3 Å². The van der Waals surface area contributed by atoms with Crippen LogP contribution in [0.4, 0.5) is 0 Å². The van der Waals surface area contributed by atoms with E-state index in [0.717, 1.165) is 4.90 Å². The van der Waals surface area contributed by atoms with Gasteiger partial charge in [0.1, 0.15) is 24.2 Å². The fraction of sp³-hybridized carbons (Fsp3) is 0.480. The number of carbonyl (C=O) groups excluding carboxylic acids is 5. The molecule has 0 radical (unpaired) electrons. The highest BCUT2D eigenvalue weighted by Crippen LogP contribution is 2.10. The Balaban J connectivity index is 2.40. The van der Waals surface area contributed by atoms with Crippen LogP contribution in [0.5, 0.6) is 0 Å². The summed E-state index contributed by atoms with van der Waals surface area (Å²) in [6, 6.07) is 3.88. The number of nitrogens with two attached hydrogens (primary N) is 2. The van der Waals surface area contributed by atoms with E-state index in [4.69, 9.17) is 11.5 Å². The van der Waals surface area contributed by atoms with Gasteiger partial charge in [-0.2, -0.15) is 0 Å². The summed E-state index contributed by atoms with van der Waals surface area (Å²) in [5.74, 6) is -5.24. The van der Waals surface area contributed by atoms with Crippen molar-refractivity contribution in [1.82, 2.24) is 26.2 Å². The average Bonchev–Trinajstić information content (AvgIpc) is 2.90. The summed E-state index contributed by atoms with van der Waals surface area (Å²) in [5.41, 5.74) is 11.3. The van der Waals surface area contributed by atoms with Crippen LogP contribution in [-0.4, -0.2) is 95.8 Å². The molecular weight excluding hydrogens is 524 g/mol. The molecule has 218 valence electrons. The Hall–Kier alpha value is -4.69. The molecule has 1 fully saturated rings. The number of hydrogen-bond donors (Lipinski definition) is 7. The van der Waals surface area contributed by atoms with E-state index < -0.39 is 72.6 Å². The molecule has 9 N–H and O–H groups in total. The first-order valence-electron chi connectivity index (χ1n) is 12.6. The number of carboxylic acid groups (broad SMARTS) is 1. The number of guanidine groups is 1. The van der Waals surface area contributed by atoms with Gasteiger partial charge in [0.25, 0.3) is 0 Å². The highest BCUT2D eigenvalue weighted by molar-refractivity contribution is 5.97. The summed E-state index contributed by atoms with van der Waals surface area (Å²) < 4.78 is 0. The molecule has 2 rings (SSSR count). The van der Waals surface area contributed by atoms with E-state index in [0.29, 0.717) is 12.0 Å². The molecule has 40 heavy (non-hydrogen) atoms. The fourth-order valence-corrected chi connectivity index (χ4v) is 3.92. The predicted octanol–water partition coefficient (Wildman–Crippen LogP) is -2.81. The number of aliphatic imine (C=N–C) groups is 1. The number of likely N-dealkylation sites (N-methyl/N-ethyl adjacent to an activating group) is 1. The van der Waals surface area contributed by atoms with Crippen LogP contribution in [0.3, 0.4) is 0 Å². The molecule has 0 bridgehead atoms. The second kappa shape index (κ2) is 15.0. The largest absolute Gasteiger partial charge is 0.481 e. The number of nitrogens with one attached hydrogen (secondary N) is 4. The van der Waals surface area contributed by atoms with Gasteiger partial charge in [0.05, 0.1) is 13.0 Å². The van der Waals surface area contributed by atoms with Crippen molar-refractivity contribution >= 4 is 41.5 Å². The van der Waals surface area contributed by atoms with Crippen LogP contribution in [0.1, 0.15) is 31.7 Å². The maximum absolute atomic E-state index is 13.5. The summed E-state index contributed by atoms with van der Waals surface area (Å²) in [7, 11) is 1.37. The van der Waals surface area contributed by atoms with E-state index in [-0.39, 0.29) is 25.3 Å². The minimum absolute atomic E-state index is 0.0330. The second-order valence-electron chi connectivity index (χ2n) is 9.32. The normalized spacial score (nSPS) is 23.1. The molecule has 4 atom stereocenters. The van der Waals surface area contributed by atoms with Crippen LogP contribution in [0.2, 0.25) is 0 Å². The van der Waals surface area contributed by atoms with Gasteiger partial charge in [-0.05, 0) is 25.3 Å². The van der Waals surface area contributed by atoms with Crippen molar-refractivity contribution in [2.75, 3.05) is 20.1 Å². The molecule has 0 spiro atoms. The van der Waals surface area contributed by atoms with E-state index in [2.05, 4.69) is 26.3 Å². The van der Waals surface area contributed by atoms with Gasteiger partial charge >= 0.3 is 5.97 Å². The number of carbonyl (C=O) groups is 6. The summed E-state index contributed by atoms with van der Waals surface area (Å²) in [4.78, 5) is 81.5. The van der Waals surface area contributed by atoms with Crippen molar-refractivity contribution in [3.8, 4) is 0 Å². The van der Waals surface area contributed by atoms with E-state index >= 15 is 0 Å². The molecule has 0 aliphatic carbocycles. The van der Waals surface area contributed by atoms with Crippen LogP contribution >= 0.6 is 0 Å². The molecular formula is C25H36N8O7. The first-order valence-corrected chi connectivity index (χ1v) is 12.6. The topological polar surface area (TPSA) is 238 Å². The standard InChI is InChI=1S/C25H36N8O7/c1-14-21(37)31-16(9-6-10-28-25(26)27)22(38)29-13-19(34)30-17(12-20(35)36)23(39)32-18(24(40)33(14)2)11-15-7-4-3-5-8-15/h3-5,7-8,14,16-18H,6,9-13H2,1-2H3,(H,29,38)(H,30,34)(H,31,37)(H,32,39)(H,35,36)(H4,26,27,28)/t14-,16-,17-,18+/m0/s1. The number of benzene rings is 1. The number of carboxylic acids is 1. The SMILES string of the molecule is C[C@H]1C(=O)N[C@@H](CCCN=C(N)N)C(=O)NCC(=O)N[C@@H](CC(=O)O)C(=O)N[C@H](Cc2ccccc2)C(=O)N1C. The first kappa shape index (κ1) is 31.5. The third kappa shape index (κ3) is 9.89. The highest BCUT2D eigenvalue weighted by Gasteiger charge is 2.34. The molecule has 0 aromatic heterocycles. The zero-order valence-corrected chi connectivity index (χ0v) is 22.4. The maximum Gasteiger partial charge on any atom is 0.305 e. The summed E-state index contributed by atoms with van der Waals surface area (Å²) >= 11 is 0. The van der Waals surface area contributed by atoms with Gasteiger partial charge < -0.3 is 42.7 Å². The summed E-state index contributed by atoms with van der Waals surface area (Å²) in [6.07, 6.45) is -0.314. The fourth-order valence-electron chi connectivity index (χ4n) is 3.92. The molecule has 1 aromatic carbocycles. The Morgan fingerprint density at radius 1 is 0.975 bits per heavy atom. The van der Waals surface area contributed by atoms with Crippen LogP contribution < -0.4 is 32.7 Å². The molecule has 0 saturated carbocycles. The van der Waals surface area contributed by atoms with E-state index in [1.165, 1.54) is 14.0 Å². The minimum Gasteiger partial charge on any atom is -0.481 e. The van der Waals surface area contributed by atoms with Gasteiger partial charge in [0.15, 0.2) is 5.96 Å². The molecule has 1 heterocycles. The van der Waals surface area contributed by atoms with Crippen molar-refractivity contribution in [3.05, 3.63) is 35.9 Å². The molecule has 1 aliphatic heterocycles. The van der Waals surface area contributed by atoms with Crippen LogP contribution in [0, 0.1) is 0 Å². The third-order valence-electron chi connectivity index (χ3n) is 6.24. The van der Waals surface area contributed by atoms with E-state index in [9.17, 15) is 33.9 Å². The smallest absolute Gasteiger partial charge is 0.305 e. The maximum atomic E-state index is 13.5. The lowest BCUT2D eigenvalue weighted by atomic mass is 10.0. The van der Waals surface area contributed by atoms with Gasteiger partial charge in [0, 0.05) is 20.0 Å². The summed E-state index contributed by atoms with van der Waals surface area (Å²) in [5, 5.41) is 19.1. The Bertz CT molecular complexity index is 1120. The summed E-state index contributed by atoms with van der Waals surface area (Å²) in [6.45, 7) is 1.05. The van der Waals surface area contributed by atoms with Crippen LogP contribution in [0.25, 0.3) is 0 Å². The number of hydrogen-bond acceptors (Lipinski definition) is 7. The Labute approximate surface area is 231 Å². The van der Waals surface area contributed by atoms with Gasteiger partial charge in [-0.1, -0.05) is 30.3 Å². The lowest BCUT2D eigenvalue weighted by Crippen LogP contribution is -2.58. The second-order valence-corrected chi connectivity index (χ2v) is 9.32. The van der Waals surface area contributed by atoms with Gasteiger partial charge in [0.2, 0.25) is 29.5 Å². The van der Waals surface area contributed by atoms with Crippen molar-refractivity contribution < 1.29 is 33.9 Å². The van der Waals surface area contributed by atoms with Crippen molar-refractivity contribution in [1.29, 1.82) is 0 Å². The van der Waals surface area contributed by atoms with Crippen LogP contribution in [-0.2, 0) is 35.2 Å². The number of rotatable bonds is 8. The van der Waals surface area contributed by atoms with Crippen LogP contribution in [0.15, 0.2) is 35.3 Å². The van der Waals surface area contributed by atoms with E-state index in [1.807, 2.05) is 0 Å². The number of aliphatic carboxylic acids is 1. The van der Waals surface area contributed by atoms with Gasteiger partial charge in [-0.3, -0.25) is 33.8 Å². The number of amides is 5. The molecule has 1 aromatic rings. The quantitative estimate of drug-likeness (QED) is 0.0985. The predicted molar refractivity (Wildman–Crippen MR) is 143 cm³/mol. The van der Waals surface area contributed by atoms with Gasteiger partial charge in [-0.25, -0.2) is 0 Å². The minimum atomic E-state index is -1.53. The zero-order valence-electron chi connectivity index (χ0n) is 22.4.